The van der Waals surface area contributed by atoms with Gasteiger partial charge in [0.2, 0.25) is 0 Å². The van der Waals surface area contributed by atoms with E-state index in [1.165, 1.54) is 30.3 Å². The Bertz CT molecular complexity index is 656. The third kappa shape index (κ3) is 2.88. The van der Waals surface area contributed by atoms with Crippen molar-refractivity contribution in [3.63, 3.8) is 0 Å². The zero-order chi connectivity index (χ0) is 14.9. The van der Waals surface area contributed by atoms with Crippen molar-refractivity contribution >= 4 is 10.9 Å². The molecule has 1 heterocycles. The molecule has 2 aromatic rings. The number of allylic oxidation sites excluding steroid dienone is 2. The summed E-state index contributed by atoms with van der Waals surface area (Å²) in [7, 11) is 0. The van der Waals surface area contributed by atoms with Gasteiger partial charge in [-0.2, -0.15) is 0 Å². The maximum Gasteiger partial charge on any atom is 0.0705 e. The predicted molar refractivity (Wildman–Crippen MR) is 90.4 cm³/mol. The van der Waals surface area contributed by atoms with E-state index in [4.69, 9.17) is 4.98 Å². The number of para-hydroxylation sites is 1. The van der Waals surface area contributed by atoms with E-state index in [0.717, 1.165) is 5.52 Å². The first kappa shape index (κ1) is 14.3. The highest BCUT2D eigenvalue weighted by atomic mass is 14.7. The average molecular weight is 279 g/mol. The number of hydrogen-bond acceptors (Lipinski definition) is 1. The van der Waals surface area contributed by atoms with E-state index in [9.17, 15) is 0 Å². The summed E-state index contributed by atoms with van der Waals surface area (Å²) < 4.78 is 0. The van der Waals surface area contributed by atoms with E-state index in [1.54, 1.807) is 0 Å². The smallest absolute Gasteiger partial charge is 0.0705 e. The van der Waals surface area contributed by atoms with Crippen molar-refractivity contribution < 1.29 is 0 Å². The van der Waals surface area contributed by atoms with Gasteiger partial charge in [0, 0.05) is 17.0 Å². The van der Waals surface area contributed by atoms with Gasteiger partial charge < -0.3 is 0 Å². The highest BCUT2D eigenvalue weighted by Gasteiger charge is 2.35. The van der Waals surface area contributed by atoms with Crippen LogP contribution in [-0.2, 0) is 0 Å². The van der Waals surface area contributed by atoms with Crippen molar-refractivity contribution in [3.05, 3.63) is 54.2 Å². The quantitative estimate of drug-likeness (QED) is 0.655. The lowest BCUT2D eigenvalue weighted by Crippen LogP contribution is -2.28. The number of benzene rings is 1. The zero-order valence-electron chi connectivity index (χ0n) is 13.3. The minimum atomic E-state index is 0.238. The molecule has 1 nitrogen and oxygen atoms in total. The maximum atomic E-state index is 4.97. The molecule has 1 aromatic carbocycles. The predicted octanol–water partition coefficient (Wildman–Crippen LogP) is 5.72. The van der Waals surface area contributed by atoms with Crippen molar-refractivity contribution in [2.24, 2.45) is 11.3 Å². The lowest BCUT2D eigenvalue weighted by molar-refractivity contribution is 0.246. The Morgan fingerprint density at radius 3 is 2.81 bits per heavy atom. The van der Waals surface area contributed by atoms with Gasteiger partial charge in [-0.05, 0) is 42.7 Å². The standard InChI is InChI=1S/C20H25N/c1-15(2)14-20(3)13-7-6-9-17(20)19-12-11-16-8-4-5-10-18(16)21-19/h4-5,7-8,10-13,15,17H,6,9,14H2,1-3H3. The van der Waals surface area contributed by atoms with Crippen LogP contribution >= 0.6 is 0 Å². The Labute approximate surface area is 128 Å². The molecule has 0 radical (unpaired) electrons. The molecule has 0 N–H and O–H groups in total. The van der Waals surface area contributed by atoms with Gasteiger partial charge in [-0.15, -0.1) is 0 Å². The number of hydrogen-bond donors (Lipinski definition) is 0. The molecule has 1 aromatic heterocycles. The summed E-state index contributed by atoms with van der Waals surface area (Å²) in [4.78, 5) is 4.97. The molecule has 21 heavy (non-hydrogen) atoms. The molecular weight excluding hydrogens is 254 g/mol. The van der Waals surface area contributed by atoms with Crippen molar-refractivity contribution in [1.82, 2.24) is 4.98 Å². The molecule has 0 spiro atoms. The van der Waals surface area contributed by atoms with Crippen LogP contribution in [0.5, 0.6) is 0 Å². The molecule has 0 bridgehead atoms. The second-order valence-electron chi connectivity index (χ2n) is 7.06. The average Bonchev–Trinajstić information content (AvgIpc) is 2.46. The lowest BCUT2D eigenvalue weighted by Gasteiger charge is -2.39. The lowest BCUT2D eigenvalue weighted by atomic mass is 9.66. The van der Waals surface area contributed by atoms with Crippen LogP contribution in [0.15, 0.2) is 48.6 Å². The van der Waals surface area contributed by atoms with Crippen molar-refractivity contribution in [3.8, 4) is 0 Å². The molecular formula is C20H25N. The van der Waals surface area contributed by atoms with Crippen LogP contribution in [0.2, 0.25) is 0 Å². The molecule has 0 fully saturated rings. The minimum Gasteiger partial charge on any atom is -0.253 e. The van der Waals surface area contributed by atoms with Gasteiger partial charge in [0.1, 0.15) is 0 Å². The van der Waals surface area contributed by atoms with E-state index >= 15 is 0 Å². The number of pyridine rings is 1. The van der Waals surface area contributed by atoms with Gasteiger partial charge in [0.15, 0.2) is 0 Å². The monoisotopic (exact) mass is 279 g/mol. The van der Waals surface area contributed by atoms with Crippen LogP contribution in [0.3, 0.4) is 0 Å². The van der Waals surface area contributed by atoms with Crippen molar-refractivity contribution in [1.29, 1.82) is 0 Å². The molecule has 1 aliphatic rings. The second-order valence-corrected chi connectivity index (χ2v) is 7.06. The maximum absolute atomic E-state index is 4.97. The van der Waals surface area contributed by atoms with Crippen LogP contribution in [-0.4, -0.2) is 4.98 Å². The molecule has 0 amide bonds. The Hall–Kier alpha value is -1.63. The third-order valence-corrected chi connectivity index (χ3v) is 4.74. The van der Waals surface area contributed by atoms with Gasteiger partial charge >= 0.3 is 0 Å². The van der Waals surface area contributed by atoms with Crippen molar-refractivity contribution in [2.75, 3.05) is 0 Å². The number of fused-ring (bicyclic) bond motifs is 1. The Balaban J connectivity index is 2.00. The van der Waals surface area contributed by atoms with E-state index in [0.29, 0.717) is 11.8 Å². The Morgan fingerprint density at radius 2 is 2.00 bits per heavy atom. The summed E-state index contributed by atoms with van der Waals surface area (Å²) in [5, 5.41) is 1.23. The van der Waals surface area contributed by atoms with E-state index in [2.05, 4.69) is 69.3 Å². The van der Waals surface area contributed by atoms with Crippen LogP contribution < -0.4 is 0 Å². The number of rotatable bonds is 3. The molecule has 0 saturated carbocycles. The summed E-state index contributed by atoms with van der Waals surface area (Å²) in [6.07, 6.45) is 8.42. The Morgan fingerprint density at radius 1 is 1.19 bits per heavy atom. The topological polar surface area (TPSA) is 12.9 Å². The summed E-state index contributed by atoms with van der Waals surface area (Å²) in [6, 6.07) is 12.9. The van der Waals surface area contributed by atoms with Crippen molar-refractivity contribution in [2.45, 2.75) is 46.0 Å². The molecule has 2 unspecified atom stereocenters. The minimum absolute atomic E-state index is 0.238. The summed E-state index contributed by atoms with van der Waals surface area (Å²) in [6.45, 7) is 7.04. The molecule has 3 rings (SSSR count). The van der Waals surface area contributed by atoms with Gasteiger partial charge in [-0.3, -0.25) is 4.98 Å². The molecule has 1 aliphatic carbocycles. The molecule has 0 aliphatic heterocycles. The number of nitrogens with zero attached hydrogens (tertiary/aromatic N) is 1. The highest BCUT2D eigenvalue weighted by Crippen LogP contribution is 2.47. The summed E-state index contributed by atoms with van der Waals surface area (Å²) in [5.41, 5.74) is 2.62. The number of aromatic nitrogens is 1. The zero-order valence-corrected chi connectivity index (χ0v) is 13.3. The van der Waals surface area contributed by atoms with E-state index in [1.807, 2.05) is 0 Å². The molecule has 110 valence electrons. The third-order valence-electron chi connectivity index (χ3n) is 4.74. The fourth-order valence-corrected chi connectivity index (χ4v) is 3.91. The van der Waals surface area contributed by atoms with Gasteiger partial charge in [-0.1, -0.05) is 57.2 Å². The van der Waals surface area contributed by atoms with Crippen LogP contribution in [0, 0.1) is 11.3 Å². The summed E-state index contributed by atoms with van der Waals surface area (Å²) in [5.74, 6) is 1.25. The molecule has 2 atom stereocenters. The van der Waals surface area contributed by atoms with Gasteiger partial charge in [0.05, 0.1) is 5.52 Å². The fourth-order valence-electron chi connectivity index (χ4n) is 3.91. The normalized spacial score (nSPS) is 25.6. The molecule has 1 heteroatoms. The van der Waals surface area contributed by atoms with Crippen LogP contribution in [0.4, 0.5) is 0 Å². The van der Waals surface area contributed by atoms with E-state index < -0.39 is 0 Å². The van der Waals surface area contributed by atoms with Gasteiger partial charge in [0.25, 0.3) is 0 Å². The fraction of sp³-hybridized carbons (Fsp3) is 0.450. The van der Waals surface area contributed by atoms with Crippen LogP contribution in [0.25, 0.3) is 10.9 Å². The Kier molecular flexibility index (Phi) is 3.84. The molecule has 0 saturated heterocycles. The highest BCUT2D eigenvalue weighted by molar-refractivity contribution is 5.78. The van der Waals surface area contributed by atoms with Crippen LogP contribution in [0.1, 0.15) is 51.6 Å². The first-order chi connectivity index (χ1) is 10.1. The largest absolute Gasteiger partial charge is 0.253 e. The SMILES string of the molecule is CC(C)CC1(C)C=CCCC1c1ccc2ccccc2n1. The summed E-state index contributed by atoms with van der Waals surface area (Å²) >= 11 is 0. The van der Waals surface area contributed by atoms with Gasteiger partial charge in [-0.25, -0.2) is 0 Å². The first-order valence-electron chi connectivity index (χ1n) is 8.12. The second kappa shape index (κ2) is 5.63. The van der Waals surface area contributed by atoms with E-state index in [-0.39, 0.29) is 5.41 Å². The first-order valence-corrected chi connectivity index (χ1v) is 8.12.